The van der Waals surface area contributed by atoms with E-state index in [0.717, 1.165) is 11.2 Å². The molecule has 1 nitrogen and oxygen atoms in total. The molecule has 13 rings (SSSR count). The van der Waals surface area contributed by atoms with Gasteiger partial charge in [-0.05, 0) is 120 Å². The maximum Gasteiger partial charge on any atom is 0.145 e. The standard InChI is InChI=1S/C54H39B9O/c55-44-39(46(57)52(63)54-42(44)43-45(56)40-41(49(60)53(43)64-54)48(59)51(62)50(61)47(40)58)33-20-15-28(29-16-11-26-9-7-22-3-1-5-24-13-18-31(29)37(26)35(22)24)21-34(33)30-17-12-27-10-8-23-4-2-6-25-14-19-32(30)38(27)36(23)25/h1-21H,55-63H2. The van der Waals surface area contributed by atoms with Crippen LogP contribution in [-0.2, 0) is 0 Å². The molecule has 10 heteroatoms. The molecule has 0 aliphatic carbocycles. The largest absolute Gasteiger partial charge is 0.457 e. The molecule has 0 amide bonds. The van der Waals surface area contributed by atoms with Gasteiger partial charge in [0.05, 0.1) is 0 Å². The van der Waals surface area contributed by atoms with E-state index in [1.165, 1.54) is 169 Å². The Morgan fingerprint density at radius 1 is 0.266 bits per heavy atom. The first kappa shape index (κ1) is 37.9. The molecule has 0 aliphatic rings. The van der Waals surface area contributed by atoms with Crippen molar-refractivity contribution in [3.63, 3.8) is 0 Å². The summed E-state index contributed by atoms with van der Waals surface area (Å²) in [5.41, 5.74) is 21.3. The molecular weight excluding hydrogens is 762 g/mol. The van der Waals surface area contributed by atoms with Crippen molar-refractivity contribution in [3.8, 4) is 33.4 Å². The van der Waals surface area contributed by atoms with E-state index < -0.39 is 0 Å². The summed E-state index contributed by atoms with van der Waals surface area (Å²) in [6, 6.07) is 48.5. The maximum absolute atomic E-state index is 7.12. The van der Waals surface area contributed by atoms with Crippen LogP contribution in [0.5, 0.6) is 0 Å². The van der Waals surface area contributed by atoms with E-state index in [1.54, 1.807) is 0 Å². The Hall–Kier alpha value is -6.64. The fraction of sp³-hybridized carbons (Fsp3) is 0. The minimum Gasteiger partial charge on any atom is -0.457 e. The molecule has 13 aromatic rings. The lowest BCUT2D eigenvalue weighted by molar-refractivity contribution is 0.675. The van der Waals surface area contributed by atoms with E-state index in [1.807, 2.05) is 0 Å². The molecule has 1 heterocycles. The van der Waals surface area contributed by atoms with Gasteiger partial charge in [0.15, 0.2) is 0 Å². The number of fused-ring (bicyclic) bond motifs is 4. The highest BCUT2D eigenvalue weighted by Crippen LogP contribution is 2.45. The first-order chi connectivity index (χ1) is 31.0. The Morgan fingerprint density at radius 2 is 0.703 bits per heavy atom. The molecule has 0 radical (unpaired) electrons. The van der Waals surface area contributed by atoms with Crippen molar-refractivity contribution in [2.75, 3.05) is 0 Å². The molecule has 0 bridgehead atoms. The fourth-order valence-corrected chi connectivity index (χ4v) is 12.4. The second-order valence-corrected chi connectivity index (χ2v) is 19.0. The van der Waals surface area contributed by atoms with Gasteiger partial charge < -0.3 is 4.42 Å². The first-order valence-electron chi connectivity index (χ1n) is 22.8. The quantitative estimate of drug-likeness (QED) is 0.180. The summed E-state index contributed by atoms with van der Waals surface area (Å²) in [6.07, 6.45) is 0. The van der Waals surface area contributed by atoms with E-state index in [0.29, 0.717) is 0 Å². The SMILES string of the molecule is Bc1c(-c2ccc(-c3ccc4ccc5cccc6ccc3c4c56)cc2-c2ccc3ccc4cccc5ccc2c3c45)c(B)c2c(oc3c(B)c4c(B)c(B)c(B)c(B)c4c(B)c32)c1B. The zero-order chi connectivity index (χ0) is 43.6. The molecule has 288 valence electrons. The van der Waals surface area contributed by atoms with Gasteiger partial charge in [-0.1, -0.05) is 154 Å². The summed E-state index contributed by atoms with van der Waals surface area (Å²) in [5, 5.41) is 20.8. The Labute approximate surface area is 380 Å². The van der Waals surface area contributed by atoms with Crippen LogP contribution >= 0.6 is 0 Å². The van der Waals surface area contributed by atoms with Gasteiger partial charge in [-0.15, -0.1) is 10.9 Å². The summed E-state index contributed by atoms with van der Waals surface area (Å²) < 4.78 is 7.12. The smallest absolute Gasteiger partial charge is 0.145 e. The maximum atomic E-state index is 7.12. The molecule has 64 heavy (non-hydrogen) atoms. The van der Waals surface area contributed by atoms with Crippen LogP contribution in [0.4, 0.5) is 0 Å². The van der Waals surface area contributed by atoms with Crippen LogP contribution in [0, 0.1) is 0 Å². The lowest BCUT2D eigenvalue weighted by Gasteiger charge is -2.22. The Bertz CT molecular complexity index is 4210. The molecule has 0 spiro atoms. The van der Waals surface area contributed by atoms with Crippen molar-refractivity contribution in [2.24, 2.45) is 0 Å². The summed E-state index contributed by atoms with van der Waals surface area (Å²) in [6.45, 7) is 0. The second-order valence-electron chi connectivity index (χ2n) is 19.0. The summed E-state index contributed by atoms with van der Waals surface area (Å²) in [5.74, 6) is 0. The van der Waals surface area contributed by atoms with Crippen LogP contribution in [0.25, 0.3) is 131 Å². The third kappa shape index (κ3) is 4.81. The molecular formula is C54H39B9O. The van der Waals surface area contributed by atoms with Gasteiger partial charge in [0.25, 0.3) is 0 Å². The van der Waals surface area contributed by atoms with Gasteiger partial charge in [-0.25, -0.2) is 0 Å². The Morgan fingerprint density at radius 3 is 1.28 bits per heavy atom. The monoisotopic (exact) mass is 802 g/mol. The molecule has 0 saturated heterocycles. The van der Waals surface area contributed by atoms with Gasteiger partial charge in [-0.3, -0.25) is 0 Å². The van der Waals surface area contributed by atoms with E-state index in [4.69, 9.17) is 4.42 Å². The van der Waals surface area contributed by atoms with Gasteiger partial charge in [0.1, 0.15) is 81.8 Å². The van der Waals surface area contributed by atoms with Crippen LogP contribution in [0.15, 0.2) is 132 Å². The van der Waals surface area contributed by atoms with Gasteiger partial charge in [-0.2, -0.15) is 0 Å². The third-order valence-electron chi connectivity index (χ3n) is 16.0. The number of hydrogen-bond donors (Lipinski definition) is 0. The van der Waals surface area contributed by atoms with Crippen LogP contribution in [-0.4, -0.2) is 70.6 Å². The number of furan rings is 1. The predicted octanol–water partition coefficient (Wildman–Crippen LogP) is -0.139. The number of rotatable bonds is 3. The summed E-state index contributed by atoms with van der Waals surface area (Å²) >= 11 is 0. The van der Waals surface area contributed by atoms with Crippen molar-refractivity contribution >= 4 is 217 Å². The summed E-state index contributed by atoms with van der Waals surface area (Å²) in [4.78, 5) is 0. The zero-order valence-corrected chi connectivity index (χ0v) is 38.0. The average Bonchev–Trinajstić information content (AvgIpc) is 3.74. The number of benzene rings is 12. The fourth-order valence-electron chi connectivity index (χ4n) is 12.4. The van der Waals surface area contributed by atoms with E-state index in [2.05, 4.69) is 198 Å². The second kappa shape index (κ2) is 13.2. The van der Waals surface area contributed by atoms with Crippen molar-refractivity contribution in [1.82, 2.24) is 0 Å². The van der Waals surface area contributed by atoms with Gasteiger partial charge in [0, 0.05) is 10.8 Å². The molecule has 0 saturated carbocycles. The van der Waals surface area contributed by atoms with Crippen molar-refractivity contribution in [1.29, 1.82) is 0 Å². The first-order valence-corrected chi connectivity index (χ1v) is 22.8. The molecule has 0 fully saturated rings. The van der Waals surface area contributed by atoms with Crippen LogP contribution in [0.1, 0.15) is 0 Å². The molecule has 0 aliphatic heterocycles. The minimum atomic E-state index is 1.01. The highest BCUT2D eigenvalue weighted by atomic mass is 16.3. The van der Waals surface area contributed by atoms with Crippen LogP contribution < -0.4 is 49.2 Å². The topological polar surface area (TPSA) is 13.1 Å². The number of hydrogen-bond acceptors (Lipinski definition) is 1. The molecule has 0 atom stereocenters. The minimum absolute atomic E-state index is 1.01. The van der Waals surface area contributed by atoms with E-state index >= 15 is 0 Å². The lowest BCUT2D eigenvalue weighted by Crippen LogP contribution is -2.50. The molecule has 0 unspecified atom stereocenters. The van der Waals surface area contributed by atoms with Gasteiger partial charge >= 0.3 is 0 Å². The van der Waals surface area contributed by atoms with Gasteiger partial charge in [0.2, 0.25) is 0 Å². The normalized spacial score (nSPS) is 12.3. The Balaban J connectivity index is 1.15. The van der Waals surface area contributed by atoms with Crippen molar-refractivity contribution in [2.45, 2.75) is 0 Å². The van der Waals surface area contributed by atoms with Crippen LogP contribution in [0.3, 0.4) is 0 Å². The lowest BCUT2D eigenvalue weighted by atomic mass is 9.61. The van der Waals surface area contributed by atoms with E-state index in [9.17, 15) is 0 Å². The van der Waals surface area contributed by atoms with Crippen LogP contribution in [0.2, 0.25) is 0 Å². The molecule has 0 N–H and O–H groups in total. The van der Waals surface area contributed by atoms with Crippen molar-refractivity contribution in [3.05, 3.63) is 127 Å². The predicted molar refractivity (Wildman–Crippen MR) is 309 cm³/mol. The summed E-state index contributed by atoms with van der Waals surface area (Å²) in [7, 11) is 20.7. The molecule has 12 aromatic carbocycles. The van der Waals surface area contributed by atoms with E-state index in [-0.39, 0.29) is 0 Å². The highest BCUT2D eigenvalue weighted by molar-refractivity contribution is 6.72. The highest BCUT2D eigenvalue weighted by Gasteiger charge is 2.26. The zero-order valence-electron chi connectivity index (χ0n) is 38.0. The third-order valence-corrected chi connectivity index (χ3v) is 16.0. The average molecular weight is 801 g/mol. The Kier molecular flexibility index (Phi) is 7.82. The molecule has 1 aromatic heterocycles. The van der Waals surface area contributed by atoms with Crippen molar-refractivity contribution < 1.29 is 4.42 Å².